The van der Waals surface area contributed by atoms with Gasteiger partial charge in [-0.05, 0) is 41.3 Å². The number of carbonyl (C=O) groups excluding carboxylic acids is 1. The molecule has 2 heterocycles. The third-order valence-corrected chi connectivity index (χ3v) is 6.32. The van der Waals surface area contributed by atoms with E-state index in [0.29, 0.717) is 24.4 Å². The molecule has 1 saturated carbocycles. The first-order chi connectivity index (χ1) is 14.4. The second-order valence-corrected chi connectivity index (χ2v) is 10.0. The van der Waals surface area contributed by atoms with Crippen molar-refractivity contribution in [1.82, 2.24) is 9.97 Å². The lowest BCUT2D eigenvalue weighted by Crippen LogP contribution is -2.13. The first kappa shape index (κ1) is 20.6. The minimum atomic E-state index is -3.31. The van der Waals surface area contributed by atoms with E-state index in [0.717, 1.165) is 34.1 Å². The fraction of sp³-hybridized carbons (Fsp3) is 0.391. The molecule has 30 heavy (non-hydrogen) atoms. The van der Waals surface area contributed by atoms with E-state index in [4.69, 9.17) is 0 Å². The van der Waals surface area contributed by atoms with E-state index in [-0.39, 0.29) is 5.78 Å². The van der Waals surface area contributed by atoms with Gasteiger partial charge in [0.15, 0.2) is 0 Å². The molecular weight excluding hydrogens is 398 g/mol. The molecule has 0 unspecified atom stereocenters. The highest BCUT2D eigenvalue weighted by Gasteiger charge is 2.18. The summed E-state index contributed by atoms with van der Waals surface area (Å²) in [6, 6.07) is 11.2. The van der Waals surface area contributed by atoms with Crippen molar-refractivity contribution in [1.29, 1.82) is 0 Å². The smallest absolute Gasteiger partial charge is 0.229 e. The van der Waals surface area contributed by atoms with Crippen molar-refractivity contribution in [2.45, 2.75) is 44.9 Å². The SMILES string of the molecule is CS(=O)(=O)Nc1ccc(-c2ccnc3[nH]c(CC(=O)CC4CCCCC4)cc23)cc1. The molecule has 4 rings (SSSR count). The summed E-state index contributed by atoms with van der Waals surface area (Å²) in [5.41, 5.74) is 4.12. The van der Waals surface area contributed by atoms with Crippen LogP contribution < -0.4 is 4.72 Å². The Morgan fingerprint density at radius 2 is 1.87 bits per heavy atom. The molecule has 158 valence electrons. The highest BCUT2D eigenvalue weighted by Crippen LogP contribution is 2.30. The molecule has 1 fully saturated rings. The summed E-state index contributed by atoms with van der Waals surface area (Å²) in [5, 5.41) is 0.960. The van der Waals surface area contributed by atoms with Crippen LogP contribution in [0.3, 0.4) is 0 Å². The maximum absolute atomic E-state index is 12.6. The summed E-state index contributed by atoms with van der Waals surface area (Å²) in [6.45, 7) is 0. The maximum Gasteiger partial charge on any atom is 0.229 e. The summed E-state index contributed by atoms with van der Waals surface area (Å²) in [7, 11) is -3.31. The van der Waals surface area contributed by atoms with Gasteiger partial charge < -0.3 is 4.98 Å². The van der Waals surface area contributed by atoms with Gasteiger partial charge in [0.05, 0.1) is 6.26 Å². The van der Waals surface area contributed by atoms with E-state index < -0.39 is 10.0 Å². The van der Waals surface area contributed by atoms with Crippen molar-refractivity contribution in [2.75, 3.05) is 11.0 Å². The van der Waals surface area contributed by atoms with Gasteiger partial charge in [-0.25, -0.2) is 13.4 Å². The normalized spacial score (nSPS) is 15.4. The van der Waals surface area contributed by atoms with Crippen LogP contribution in [-0.4, -0.2) is 30.4 Å². The first-order valence-corrected chi connectivity index (χ1v) is 12.3. The summed E-state index contributed by atoms with van der Waals surface area (Å²) in [6.07, 6.45) is 10.1. The molecule has 0 atom stereocenters. The first-order valence-electron chi connectivity index (χ1n) is 10.4. The van der Waals surface area contributed by atoms with Crippen LogP contribution in [0.25, 0.3) is 22.2 Å². The molecule has 2 aromatic heterocycles. The van der Waals surface area contributed by atoms with Crippen LogP contribution in [0.5, 0.6) is 0 Å². The summed E-state index contributed by atoms with van der Waals surface area (Å²) < 4.78 is 25.3. The summed E-state index contributed by atoms with van der Waals surface area (Å²) >= 11 is 0. The molecule has 0 bridgehead atoms. The highest BCUT2D eigenvalue weighted by molar-refractivity contribution is 7.92. The number of aromatic nitrogens is 2. The Morgan fingerprint density at radius 1 is 1.13 bits per heavy atom. The minimum absolute atomic E-state index is 0.284. The van der Waals surface area contributed by atoms with Crippen LogP contribution in [0.15, 0.2) is 42.6 Å². The van der Waals surface area contributed by atoms with E-state index in [9.17, 15) is 13.2 Å². The van der Waals surface area contributed by atoms with Gasteiger partial charge in [0, 0.05) is 35.8 Å². The van der Waals surface area contributed by atoms with Crippen molar-refractivity contribution in [2.24, 2.45) is 5.92 Å². The highest BCUT2D eigenvalue weighted by atomic mass is 32.2. The zero-order chi connectivity index (χ0) is 21.1. The van der Waals surface area contributed by atoms with Gasteiger partial charge in [-0.1, -0.05) is 44.2 Å². The lowest BCUT2D eigenvalue weighted by atomic mass is 9.85. The minimum Gasteiger partial charge on any atom is -0.343 e. The zero-order valence-corrected chi connectivity index (χ0v) is 18.0. The predicted molar refractivity (Wildman–Crippen MR) is 120 cm³/mol. The molecule has 0 aliphatic heterocycles. The second kappa shape index (κ2) is 8.60. The molecule has 6 nitrogen and oxygen atoms in total. The van der Waals surface area contributed by atoms with Crippen LogP contribution >= 0.6 is 0 Å². The molecule has 0 radical (unpaired) electrons. The molecule has 0 spiro atoms. The number of hydrogen-bond acceptors (Lipinski definition) is 4. The average molecular weight is 426 g/mol. The summed E-state index contributed by atoms with van der Waals surface area (Å²) in [5.74, 6) is 0.828. The predicted octanol–water partition coefficient (Wildman–Crippen LogP) is 4.68. The van der Waals surface area contributed by atoms with Gasteiger partial charge in [0.1, 0.15) is 11.4 Å². The molecule has 0 saturated heterocycles. The number of ketones is 1. The van der Waals surface area contributed by atoms with Crippen LogP contribution in [0, 0.1) is 5.92 Å². The van der Waals surface area contributed by atoms with Crippen LogP contribution in [-0.2, 0) is 21.2 Å². The maximum atomic E-state index is 12.6. The van der Waals surface area contributed by atoms with Crippen molar-refractivity contribution >= 4 is 32.5 Å². The van der Waals surface area contributed by atoms with E-state index in [2.05, 4.69) is 14.7 Å². The molecule has 1 aromatic carbocycles. The number of nitrogens with one attached hydrogen (secondary N) is 2. The third kappa shape index (κ3) is 5.08. The molecule has 1 aliphatic carbocycles. The quantitative estimate of drug-likeness (QED) is 0.575. The standard InChI is InChI=1S/C23H27N3O3S/c1-30(28,29)26-18-9-7-17(8-10-18)21-11-12-24-23-22(21)15-19(25-23)14-20(27)13-16-5-3-2-4-6-16/h7-12,15-16,26H,2-6,13-14H2,1H3,(H,24,25). The van der Waals surface area contributed by atoms with Gasteiger partial charge in [-0.15, -0.1) is 0 Å². The second-order valence-electron chi connectivity index (χ2n) is 8.29. The largest absolute Gasteiger partial charge is 0.343 e. The fourth-order valence-electron chi connectivity index (χ4n) is 4.36. The van der Waals surface area contributed by atoms with E-state index in [1.54, 1.807) is 18.3 Å². The number of benzene rings is 1. The number of anilines is 1. The Labute approximate surface area is 177 Å². The monoisotopic (exact) mass is 425 g/mol. The molecule has 3 aromatic rings. The number of rotatable bonds is 7. The van der Waals surface area contributed by atoms with Crippen LogP contribution in [0.1, 0.15) is 44.2 Å². The van der Waals surface area contributed by atoms with Crippen LogP contribution in [0.2, 0.25) is 0 Å². The number of hydrogen-bond donors (Lipinski definition) is 2. The van der Waals surface area contributed by atoms with Crippen molar-refractivity contribution in [3.05, 3.63) is 48.3 Å². The van der Waals surface area contributed by atoms with Gasteiger partial charge in [-0.3, -0.25) is 9.52 Å². The van der Waals surface area contributed by atoms with Crippen molar-refractivity contribution < 1.29 is 13.2 Å². The number of aromatic amines is 1. The number of Topliss-reactive ketones (excluding diaryl/α,β-unsaturated/α-hetero) is 1. The number of sulfonamides is 1. The number of H-pyrrole nitrogens is 1. The summed E-state index contributed by atoms with van der Waals surface area (Å²) in [4.78, 5) is 20.3. The Morgan fingerprint density at radius 3 is 2.57 bits per heavy atom. The third-order valence-electron chi connectivity index (χ3n) is 5.72. The topological polar surface area (TPSA) is 91.9 Å². The Hall–Kier alpha value is -2.67. The number of pyridine rings is 1. The number of fused-ring (bicyclic) bond motifs is 1. The molecule has 1 aliphatic rings. The van der Waals surface area contributed by atoms with Crippen molar-refractivity contribution in [3.8, 4) is 11.1 Å². The zero-order valence-electron chi connectivity index (χ0n) is 17.1. The number of nitrogens with zero attached hydrogens (tertiary/aromatic N) is 1. The van der Waals surface area contributed by atoms with Crippen molar-refractivity contribution in [3.63, 3.8) is 0 Å². The average Bonchev–Trinajstić information content (AvgIpc) is 3.10. The van der Waals surface area contributed by atoms with Gasteiger partial charge in [0.2, 0.25) is 10.0 Å². The van der Waals surface area contributed by atoms with E-state index >= 15 is 0 Å². The van der Waals surface area contributed by atoms with E-state index in [1.807, 2.05) is 24.3 Å². The molecule has 0 amide bonds. The number of carbonyl (C=O) groups is 1. The lowest BCUT2D eigenvalue weighted by molar-refractivity contribution is -0.119. The molecule has 2 N–H and O–H groups in total. The van der Waals surface area contributed by atoms with Gasteiger partial charge in [-0.2, -0.15) is 0 Å². The Kier molecular flexibility index (Phi) is 5.90. The molecular formula is C23H27N3O3S. The van der Waals surface area contributed by atoms with Gasteiger partial charge >= 0.3 is 0 Å². The van der Waals surface area contributed by atoms with E-state index in [1.165, 1.54) is 32.1 Å². The lowest BCUT2D eigenvalue weighted by Gasteiger charge is -2.20. The Bertz CT molecular complexity index is 1140. The fourth-order valence-corrected chi connectivity index (χ4v) is 4.92. The Balaban J connectivity index is 1.52. The van der Waals surface area contributed by atoms with Crippen LogP contribution in [0.4, 0.5) is 5.69 Å². The van der Waals surface area contributed by atoms with Gasteiger partial charge in [0.25, 0.3) is 0 Å². The molecule has 7 heteroatoms.